The van der Waals surface area contributed by atoms with E-state index in [9.17, 15) is 4.39 Å². The highest BCUT2D eigenvalue weighted by atomic mass is 19.1. The first-order valence-electron chi connectivity index (χ1n) is 6.42. The van der Waals surface area contributed by atoms with E-state index in [4.69, 9.17) is 0 Å². The highest BCUT2D eigenvalue weighted by Crippen LogP contribution is 2.46. The third-order valence-electron chi connectivity index (χ3n) is 4.33. The molecular formula is C16H21F. The van der Waals surface area contributed by atoms with Crippen molar-refractivity contribution in [3.8, 4) is 0 Å². The molecule has 0 saturated heterocycles. The molecule has 0 aromatic heterocycles. The Balaban J connectivity index is 2.10. The van der Waals surface area contributed by atoms with Crippen LogP contribution in [0.3, 0.4) is 0 Å². The maximum Gasteiger partial charge on any atom is 0.123 e. The minimum Gasteiger partial charge on any atom is -0.207 e. The van der Waals surface area contributed by atoms with Crippen molar-refractivity contribution >= 4 is 0 Å². The van der Waals surface area contributed by atoms with Gasteiger partial charge < -0.3 is 0 Å². The van der Waals surface area contributed by atoms with Crippen LogP contribution in [0.5, 0.6) is 0 Å². The van der Waals surface area contributed by atoms with Gasteiger partial charge in [-0.15, -0.1) is 6.58 Å². The van der Waals surface area contributed by atoms with Crippen LogP contribution in [0, 0.1) is 17.2 Å². The quantitative estimate of drug-likeness (QED) is 0.649. The normalized spacial score (nSPS) is 24.9. The minimum absolute atomic E-state index is 0.117. The summed E-state index contributed by atoms with van der Waals surface area (Å²) in [6.07, 6.45) is 5.61. The van der Waals surface area contributed by atoms with Crippen LogP contribution in [0.4, 0.5) is 4.39 Å². The fourth-order valence-corrected chi connectivity index (χ4v) is 2.89. The van der Waals surface area contributed by atoms with Gasteiger partial charge in [-0.2, -0.15) is 0 Å². The molecule has 17 heavy (non-hydrogen) atoms. The van der Waals surface area contributed by atoms with Crippen LogP contribution in [0.15, 0.2) is 36.9 Å². The summed E-state index contributed by atoms with van der Waals surface area (Å²) < 4.78 is 13.2. The van der Waals surface area contributed by atoms with E-state index in [1.54, 1.807) is 6.07 Å². The Kier molecular flexibility index (Phi) is 3.37. The molecule has 2 rings (SSSR count). The predicted molar refractivity (Wildman–Crippen MR) is 70.5 cm³/mol. The lowest BCUT2D eigenvalue weighted by atomic mass is 9.77. The van der Waals surface area contributed by atoms with Gasteiger partial charge in [0.1, 0.15) is 5.82 Å². The molecule has 0 aliphatic heterocycles. The molecule has 0 amide bonds. The second-order valence-electron chi connectivity index (χ2n) is 5.79. The largest absolute Gasteiger partial charge is 0.207 e. The van der Waals surface area contributed by atoms with Crippen LogP contribution in [-0.2, 0) is 0 Å². The highest BCUT2D eigenvalue weighted by Gasteiger charge is 2.34. The van der Waals surface area contributed by atoms with E-state index in [2.05, 4.69) is 32.6 Å². The van der Waals surface area contributed by atoms with E-state index in [1.165, 1.54) is 18.9 Å². The van der Waals surface area contributed by atoms with Gasteiger partial charge >= 0.3 is 0 Å². The van der Waals surface area contributed by atoms with Crippen LogP contribution in [-0.4, -0.2) is 0 Å². The summed E-state index contributed by atoms with van der Waals surface area (Å²) in [4.78, 5) is 0. The van der Waals surface area contributed by atoms with Crippen LogP contribution < -0.4 is 0 Å². The van der Waals surface area contributed by atoms with Crippen molar-refractivity contribution < 1.29 is 4.39 Å². The van der Waals surface area contributed by atoms with Gasteiger partial charge in [-0.3, -0.25) is 0 Å². The average molecular weight is 232 g/mol. The van der Waals surface area contributed by atoms with E-state index in [0.717, 1.165) is 12.0 Å². The number of hydrogen-bond donors (Lipinski definition) is 0. The molecule has 1 aliphatic carbocycles. The summed E-state index contributed by atoms with van der Waals surface area (Å²) in [7, 11) is 0. The third-order valence-corrected chi connectivity index (χ3v) is 4.33. The van der Waals surface area contributed by atoms with Crippen LogP contribution in [0.25, 0.3) is 0 Å². The zero-order chi connectivity index (χ0) is 12.5. The fourth-order valence-electron chi connectivity index (χ4n) is 2.89. The first-order valence-corrected chi connectivity index (χ1v) is 6.42. The summed E-state index contributed by atoms with van der Waals surface area (Å²) in [5.41, 5.74) is 1.36. The SMILES string of the molecule is C=CC(C)(C)[C@H]1CC[C@@H](c2cccc(F)c2)C1. The molecule has 0 heterocycles. The van der Waals surface area contributed by atoms with Gasteiger partial charge in [0.05, 0.1) is 0 Å². The molecule has 0 bridgehead atoms. The maximum atomic E-state index is 13.2. The molecule has 0 N–H and O–H groups in total. The Morgan fingerprint density at radius 3 is 2.76 bits per heavy atom. The van der Waals surface area contributed by atoms with Crippen molar-refractivity contribution in [2.45, 2.75) is 39.0 Å². The molecule has 2 atom stereocenters. The van der Waals surface area contributed by atoms with Gasteiger partial charge in [0.15, 0.2) is 0 Å². The van der Waals surface area contributed by atoms with Crippen LogP contribution >= 0.6 is 0 Å². The lowest BCUT2D eigenvalue weighted by Crippen LogP contribution is -2.18. The lowest BCUT2D eigenvalue weighted by molar-refractivity contribution is 0.287. The van der Waals surface area contributed by atoms with E-state index < -0.39 is 0 Å². The molecule has 1 aromatic carbocycles. The second-order valence-corrected chi connectivity index (χ2v) is 5.79. The van der Waals surface area contributed by atoms with Gasteiger partial charge in [0, 0.05) is 0 Å². The zero-order valence-electron chi connectivity index (χ0n) is 10.7. The van der Waals surface area contributed by atoms with E-state index in [-0.39, 0.29) is 11.2 Å². The highest BCUT2D eigenvalue weighted by molar-refractivity contribution is 5.22. The number of hydrogen-bond acceptors (Lipinski definition) is 0. The monoisotopic (exact) mass is 232 g/mol. The zero-order valence-corrected chi connectivity index (χ0v) is 10.7. The molecular weight excluding hydrogens is 211 g/mol. The van der Waals surface area contributed by atoms with Crippen molar-refractivity contribution in [2.75, 3.05) is 0 Å². The average Bonchev–Trinajstić information content (AvgIpc) is 2.79. The van der Waals surface area contributed by atoms with E-state index in [0.29, 0.717) is 11.8 Å². The Hall–Kier alpha value is -1.11. The molecule has 1 aliphatic rings. The Bertz CT molecular complexity index is 406. The molecule has 0 unspecified atom stereocenters. The summed E-state index contributed by atoms with van der Waals surface area (Å²) >= 11 is 0. The third kappa shape index (κ3) is 2.59. The number of halogens is 1. The Morgan fingerprint density at radius 1 is 1.35 bits per heavy atom. The maximum absolute atomic E-state index is 13.2. The molecule has 1 aromatic rings. The van der Waals surface area contributed by atoms with Crippen LogP contribution in [0.1, 0.15) is 44.6 Å². The topological polar surface area (TPSA) is 0 Å². The lowest BCUT2D eigenvalue weighted by Gasteiger charge is -2.28. The van der Waals surface area contributed by atoms with Crippen LogP contribution in [0.2, 0.25) is 0 Å². The standard InChI is InChI=1S/C16H21F/c1-4-16(2,3)14-9-8-13(10-14)12-6-5-7-15(17)11-12/h4-7,11,13-14H,1,8-10H2,2-3H3/t13-,14+/m1/s1. The molecule has 92 valence electrons. The summed E-state index contributed by atoms with van der Waals surface area (Å²) in [5, 5.41) is 0. The molecule has 1 fully saturated rings. The summed E-state index contributed by atoms with van der Waals surface area (Å²) in [6, 6.07) is 7.07. The first-order chi connectivity index (χ1) is 8.03. The predicted octanol–water partition coefficient (Wildman–Crippen LogP) is 4.92. The first kappa shape index (κ1) is 12.3. The molecule has 1 saturated carbocycles. The van der Waals surface area contributed by atoms with Crippen molar-refractivity contribution in [1.82, 2.24) is 0 Å². The van der Waals surface area contributed by atoms with Crippen molar-refractivity contribution in [1.29, 1.82) is 0 Å². The van der Waals surface area contributed by atoms with Crippen molar-refractivity contribution in [2.24, 2.45) is 11.3 Å². The minimum atomic E-state index is -0.117. The van der Waals surface area contributed by atoms with Gasteiger partial charge in [-0.1, -0.05) is 32.1 Å². The molecule has 0 nitrogen and oxygen atoms in total. The van der Waals surface area contributed by atoms with Gasteiger partial charge in [-0.05, 0) is 54.2 Å². The fraction of sp³-hybridized carbons (Fsp3) is 0.500. The molecule has 1 heteroatoms. The number of allylic oxidation sites excluding steroid dienone is 1. The summed E-state index contributed by atoms with van der Waals surface area (Å²) in [6.45, 7) is 8.43. The molecule has 0 spiro atoms. The van der Waals surface area contributed by atoms with Gasteiger partial charge in [-0.25, -0.2) is 4.39 Å². The van der Waals surface area contributed by atoms with Crippen molar-refractivity contribution in [3.05, 3.63) is 48.3 Å². The van der Waals surface area contributed by atoms with Crippen molar-refractivity contribution in [3.63, 3.8) is 0 Å². The smallest absolute Gasteiger partial charge is 0.123 e. The Labute approximate surface area is 104 Å². The molecule has 0 radical (unpaired) electrons. The van der Waals surface area contributed by atoms with E-state index in [1.807, 2.05) is 6.07 Å². The second kappa shape index (κ2) is 4.64. The number of rotatable bonds is 3. The van der Waals surface area contributed by atoms with E-state index >= 15 is 0 Å². The van der Waals surface area contributed by atoms with Gasteiger partial charge in [0.25, 0.3) is 0 Å². The Morgan fingerprint density at radius 2 is 2.12 bits per heavy atom. The summed E-state index contributed by atoms with van der Waals surface area (Å²) in [5.74, 6) is 1.08. The number of benzene rings is 1. The van der Waals surface area contributed by atoms with Gasteiger partial charge in [0.2, 0.25) is 0 Å².